The third-order valence-corrected chi connectivity index (χ3v) is 5.27. The molecule has 0 spiro atoms. The Bertz CT molecular complexity index is 1150. The number of benzene rings is 1. The molecule has 2 amide bonds. The second kappa shape index (κ2) is 10.4. The normalized spacial score (nSPS) is 12.3. The fraction of sp³-hybridized carbons (Fsp3) is 0.333. The van der Waals surface area contributed by atoms with Crippen LogP contribution in [0.5, 0.6) is 0 Å². The van der Waals surface area contributed by atoms with E-state index in [1.54, 1.807) is 44.3 Å². The molecular weight excluding hydrogens is 402 g/mol. The highest BCUT2D eigenvalue weighted by Gasteiger charge is 2.14. The maximum Gasteiger partial charge on any atom is 0.270 e. The quantitative estimate of drug-likeness (QED) is 0.614. The van der Waals surface area contributed by atoms with Gasteiger partial charge in [-0.05, 0) is 32.0 Å². The summed E-state index contributed by atoms with van der Waals surface area (Å²) in [7, 11) is 0. The van der Waals surface area contributed by atoms with Crippen LogP contribution in [-0.2, 0) is 16.1 Å². The monoisotopic (exact) mass is 427 g/mol. The van der Waals surface area contributed by atoms with Gasteiger partial charge < -0.3 is 16.0 Å². The molecule has 2 rings (SSSR count). The molecule has 0 fully saturated rings. The second-order valence-electron chi connectivity index (χ2n) is 6.68. The summed E-state index contributed by atoms with van der Waals surface area (Å²) in [6, 6.07) is 9.03. The first-order chi connectivity index (χ1) is 14.3. The van der Waals surface area contributed by atoms with E-state index in [1.807, 2.05) is 19.9 Å². The van der Waals surface area contributed by atoms with E-state index >= 15 is 0 Å². The van der Waals surface area contributed by atoms with Crippen molar-refractivity contribution in [1.29, 1.82) is 5.26 Å². The molecule has 0 saturated carbocycles. The van der Waals surface area contributed by atoms with Crippen LogP contribution in [0.2, 0.25) is 0 Å². The number of carbonyl (C=O) groups is 2. The summed E-state index contributed by atoms with van der Waals surface area (Å²) in [6.45, 7) is 7.88. The number of thiazole rings is 1. The highest BCUT2D eigenvalue weighted by Crippen LogP contribution is 2.15. The van der Waals surface area contributed by atoms with Crippen molar-refractivity contribution in [2.45, 2.75) is 34.2 Å². The minimum atomic E-state index is -0.503. The summed E-state index contributed by atoms with van der Waals surface area (Å²) in [5.41, 5.74) is 0.952. The Morgan fingerprint density at radius 2 is 1.97 bits per heavy atom. The lowest BCUT2D eigenvalue weighted by atomic mass is 10.2. The number of aromatic nitrogens is 1. The van der Waals surface area contributed by atoms with Gasteiger partial charge in [0.15, 0.2) is 5.57 Å². The van der Waals surface area contributed by atoms with Crippen molar-refractivity contribution in [1.82, 2.24) is 9.88 Å². The molecule has 30 heavy (non-hydrogen) atoms. The molecule has 0 saturated heterocycles. The van der Waals surface area contributed by atoms with Crippen LogP contribution >= 0.6 is 11.3 Å². The van der Waals surface area contributed by atoms with Gasteiger partial charge in [0.05, 0.1) is 0 Å². The number of nitriles is 1. The summed E-state index contributed by atoms with van der Waals surface area (Å²) in [5.74, 6) is -0.730. The van der Waals surface area contributed by atoms with Crippen molar-refractivity contribution in [2.24, 2.45) is 5.92 Å². The van der Waals surface area contributed by atoms with Crippen molar-refractivity contribution in [2.75, 3.05) is 17.2 Å². The number of amides is 2. The first-order valence-corrected chi connectivity index (χ1v) is 10.4. The molecule has 1 aromatic carbocycles. The minimum absolute atomic E-state index is 0.0844. The summed E-state index contributed by atoms with van der Waals surface area (Å²) >= 11 is 1.08. The van der Waals surface area contributed by atoms with E-state index < -0.39 is 5.91 Å². The molecule has 0 radical (unpaired) electrons. The number of hydrogen-bond acceptors (Lipinski definition) is 6. The van der Waals surface area contributed by atoms with Crippen molar-refractivity contribution < 1.29 is 9.59 Å². The lowest BCUT2D eigenvalue weighted by Gasteiger charge is -2.09. The van der Waals surface area contributed by atoms with Gasteiger partial charge in [-0.25, -0.2) is 0 Å². The Hall–Kier alpha value is -3.38. The fourth-order valence-corrected chi connectivity index (χ4v) is 3.65. The highest BCUT2D eigenvalue weighted by atomic mass is 32.1. The van der Waals surface area contributed by atoms with Crippen LogP contribution < -0.4 is 30.7 Å². The summed E-state index contributed by atoms with van der Waals surface area (Å²) in [4.78, 5) is 36.8. The Morgan fingerprint density at radius 1 is 1.27 bits per heavy atom. The summed E-state index contributed by atoms with van der Waals surface area (Å²) in [5, 5.41) is 17.9. The van der Waals surface area contributed by atoms with E-state index in [-0.39, 0.29) is 23.0 Å². The van der Waals surface area contributed by atoms with Gasteiger partial charge in [0.1, 0.15) is 15.3 Å². The molecule has 0 bridgehead atoms. The standard InChI is InChI=1S/C21H25N5O3S/c1-5-23-19(28)16(11-22)21-26(6-2)20(29)17(30-21)12-24-14-8-7-9-15(10-14)25-18(27)13(3)4/h7-10,12-13,24H,5-6H2,1-4H3,(H,23,28)(H,25,27)/b17-12+,21-16-. The lowest BCUT2D eigenvalue weighted by molar-refractivity contribution is -0.119. The molecule has 3 N–H and O–H groups in total. The van der Waals surface area contributed by atoms with Crippen LogP contribution in [0, 0.1) is 17.2 Å². The number of hydrogen-bond donors (Lipinski definition) is 3. The van der Waals surface area contributed by atoms with E-state index in [0.29, 0.717) is 33.7 Å². The number of rotatable bonds is 7. The minimum Gasteiger partial charge on any atom is -0.360 e. The van der Waals surface area contributed by atoms with Gasteiger partial charge in [0.2, 0.25) is 5.91 Å². The smallest absolute Gasteiger partial charge is 0.270 e. The van der Waals surface area contributed by atoms with E-state index in [1.165, 1.54) is 4.57 Å². The Balaban J connectivity index is 2.44. The largest absolute Gasteiger partial charge is 0.360 e. The molecule has 0 aliphatic heterocycles. The molecule has 8 nitrogen and oxygen atoms in total. The molecular formula is C21H25N5O3S. The van der Waals surface area contributed by atoms with Gasteiger partial charge in [-0.2, -0.15) is 5.26 Å². The van der Waals surface area contributed by atoms with E-state index in [4.69, 9.17) is 0 Å². The topological polar surface area (TPSA) is 116 Å². The first-order valence-electron chi connectivity index (χ1n) is 9.62. The van der Waals surface area contributed by atoms with Crippen molar-refractivity contribution >= 4 is 46.3 Å². The average molecular weight is 428 g/mol. The number of carbonyl (C=O) groups excluding carboxylic acids is 2. The number of anilines is 2. The average Bonchev–Trinajstić information content (AvgIpc) is 3.02. The maximum absolute atomic E-state index is 12.7. The Kier molecular flexibility index (Phi) is 7.95. The van der Waals surface area contributed by atoms with Crippen LogP contribution in [0.15, 0.2) is 29.1 Å². The second-order valence-corrected chi connectivity index (χ2v) is 7.71. The zero-order valence-electron chi connectivity index (χ0n) is 17.4. The van der Waals surface area contributed by atoms with Gasteiger partial charge >= 0.3 is 0 Å². The van der Waals surface area contributed by atoms with Gasteiger partial charge in [0, 0.05) is 36.6 Å². The molecule has 1 heterocycles. The number of nitrogens with one attached hydrogen (secondary N) is 3. The molecule has 0 atom stereocenters. The molecule has 0 aliphatic carbocycles. The van der Waals surface area contributed by atoms with Crippen molar-refractivity contribution in [3.63, 3.8) is 0 Å². The Morgan fingerprint density at radius 3 is 2.57 bits per heavy atom. The zero-order chi connectivity index (χ0) is 22.3. The van der Waals surface area contributed by atoms with Crippen LogP contribution in [0.3, 0.4) is 0 Å². The van der Waals surface area contributed by atoms with Crippen LogP contribution in [-0.4, -0.2) is 22.9 Å². The SMILES string of the molecule is CCNC(=O)/C(C#N)=c1\s/c(=C/Nc2cccc(NC(=O)C(C)C)c2)c(=O)n1CC. The molecule has 2 aromatic rings. The number of nitrogens with zero attached hydrogens (tertiary/aromatic N) is 2. The van der Waals surface area contributed by atoms with Crippen LogP contribution in [0.4, 0.5) is 11.4 Å². The van der Waals surface area contributed by atoms with Gasteiger partial charge in [-0.3, -0.25) is 19.0 Å². The molecule has 0 aliphatic rings. The van der Waals surface area contributed by atoms with Gasteiger partial charge in [-0.15, -0.1) is 11.3 Å². The molecule has 0 unspecified atom stereocenters. The van der Waals surface area contributed by atoms with Crippen molar-refractivity contribution in [3.8, 4) is 6.07 Å². The fourth-order valence-electron chi connectivity index (χ4n) is 2.56. The van der Waals surface area contributed by atoms with E-state index in [9.17, 15) is 19.6 Å². The predicted molar refractivity (Wildman–Crippen MR) is 119 cm³/mol. The van der Waals surface area contributed by atoms with Crippen LogP contribution in [0.1, 0.15) is 27.7 Å². The predicted octanol–water partition coefficient (Wildman–Crippen LogP) is 1.18. The van der Waals surface area contributed by atoms with Crippen molar-refractivity contribution in [3.05, 3.63) is 43.8 Å². The summed E-state index contributed by atoms with van der Waals surface area (Å²) in [6.07, 6.45) is 1.54. The maximum atomic E-state index is 12.7. The van der Waals surface area contributed by atoms with Gasteiger partial charge in [-0.1, -0.05) is 19.9 Å². The zero-order valence-corrected chi connectivity index (χ0v) is 18.2. The highest BCUT2D eigenvalue weighted by molar-refractivity contribution is 7.07. The van der Waals surface area contributed by atoms with E-state index in [2.05, 4.69) is 16.0 Å². The molecule has 158 valence electrons. The van der Waals surface area contributed by atoms with Crippen LogP contribution in [0.25, 0.3) is 11.8 Å². The van der Waals surface area contributed by atoms with E-state index in [0.717, 1.165) is 11.3 Å². The Labute approximate surface area is 178 Å². The molecule has 9 heteroatoms. The lowest BCUT2D eigenvalue weighted by Crippen LogP contribution is -2.34. The third kappa shape index (κ3) is 5.36. The summed E-state index contributed by atoms with van der Waals surface area (Å²) < 4.78 is 2.09. The molecule has 1 aromatic heterocycles. The first kappa shape index (κ1) is 22.9. The van der Waals surface area contributed by atoms with Gasteiger partial charge in [0.25, 0.3) is 11.5 Å². The third-order valence-electron chi connectivity index (χ3n) is 4.14.